The van der Waals surface area contributed by atoms with Crippen LogP contribution in [0.15, 0.2) is 17.5 Å². The summed E-state index contributed by atoms with van der Waals surface area (Å²) in [4.78, 5) is 29.3. The molecule has 2 aliphatic heterocycles. The topological polar surface area (TPSA) is 52.7 Å². The van der Waals surface area contributed by atoms with Crippen LogP contribution in [0.3, 0.4) is 0 Å². The minimum Gasteiger partial charge on any atom is -0.339 e. The zero-order chi connectivity index (χ0) is 14.7. The van der Waals surface area contributed by atoms with E-state index in [-0.39, 0.29) is 17.7 Å². The van der Waals surface area contributed by atoms with Crippen LogP contribution >= 0.6 is 11.3 Å². The van der Waals surface area contributed by atoms with Gasteiger partial charge in [-0.15, -0.1) is 11.3 Å². The average molecular weight is 307 g/mol. The summed E-state index contributed by atoms with van der Waals surface area (Å²) in [6, 6.07) is 3.76. The maximum Gasteiger partial charge on any atom is 0.264 e. The Bertz CT molecular complexity index is 489. The lowest BCUT2D eigenvalue weighted by molar-refractivity contribution is -0.137. The molecule has 6 heteroatoms. The van der Waals surface area contributed by atoms with Crippen molar-refractivity contribution in [3.63, 3.8) is 0 Å². The summed E-state index contributed by atoms with van der Waals surface area (Å²) in [5.41, 5.74) is 0. The fourth-order valence-corrected chi connectivity index (χ4v) is 3.70. The van der Waals surface area contributed by atoms with Crippen molar-refractivity contribution in [2.45, 2.75) is 12.8 Å². The molecule has 114 valence electrons. The summed E-state index contributed by atoms with van der Waals surface area (Å²) in [6.07, 6.45) is 2.06. The molecular formula is C15H21N3O2S. The normalized spacial score (nSPS) is 23.1. The quantitative estimate of drug-likeness (QED) is 0.888. The van der Waals surface area contributed by atoms with E-state index in [0.717, 1.165) is 30.8 Å². The van der Waals surface area contributed by atoms with Crippen LogP contribution in [-0.4, -0.2) is 60.9 Å². The second-order valence-electron chi connectivity index (χ2n) is 5.64. The van der Waals surface area contributed by atoms with E-state index in [1.54, 1.807) is 0 Å². The van der Waals surface area contributed by atoms with Crippen molar-refractivity contribution in [2.75, 3.05) is 39.3 Å². The number of nitrogens with zero attached hydrogens (tertiary/aromatic N) is 2. The first-order valence-corrected chi connectivity index (χ1v) is 8.46. The van der Waals surface area contributed by atoms with Crippen LogP contribution in [0.5, 0.6) is 0 Å². The number of hydrogen-bond donors (Lipinski definition) is 1. The molecule has 1 unspecified atom stereocenters. The zero-order valence-corrected chi connectivity index (χ0v) is 12.9. The highest BCUT2D eigenvalue weighted by molar-refractivity contribution is 7.12. The van der Waals surface area contributed by atoms with Gasteiger partial charge in [-0.05, 0) is 30.8 Å². The van der Waals surface area contributed by atoms with Gasteiger partial charge in [-0.1, -0.05) is 6.07 Å². The first kappa shape index (κ1) is 14.5. The summed E-state index contributed by atoms with van der Waals surface area (Å²) in [6.45, 7) is 4.42. The van der Waals surface area contributed by atoms with Gasteiger partial charge < -0.3 is 15.1 Å². The number of carbonyl (C=O) groups is 2. The maximum atomic E-state index is 12.4. The van der Waals surface area contributed by atoms with Gasteiger partial charge in [0.05, 0.1) is 10.8 Å². The molecule has 0 aromatic carbocycles. The molecule has 1 N–H and O–H groups in total. The number of amides is 2. The van der Waals surface area contributed by atoms with Crippen LogP contribution in [0.2, 0.25) is 0 Å². The highest BCUT2D eigenvalue weighted by Gasteiger charge is 2.30. The standard InChI is InChI=1S/C15H21N3O2S/c19-14(12-3-1-5-16-11-12)17-6-8-18(9-7-17)15(20)13-4-2-10-21-13/h2,4,10,12,16H,1,3,5-9,11H2. The molecule has 2 fully saturated rings. The van der Waals surface area contributed by atoms with Crippen LogP contribution in [0.4, 0.5) is 0 Å². The Morgan fingerprint density at radius 1 is 1.19 bits per heavy atom. The second-order valence-corrected chi connectivity index (χ2v) is 6.59. The van der Waals surface area contributed by atoms with Crippen LogP contribution in [-0.2, 0) is 4.79 Å². The molecule has 3 rings (SSSR count). The fraction of sp³-hybridized carbons (Fsp3) is 0.600. The number of hydrogen-bond acceptors (Lipinski definition) is 4. The average Bonchev–Trinajstić information content (AvgIpc) is 3.09. The summed E-state index contributed by atoms with van der Waals surface area (Å²) >= 11 is 1.47. The molecule has 2 saturated heterocycles. The lowest BCUT2D eigenvalue weighted by atomic mass is 9.98. The van der Waals surface area contributed by atoms with Gasteiger partial charge in [-0.2, -0.15) is 0 Å². The third-order valence-electron chi connectivity index (χ3n) is 4.26. The molecule has 1 atom stereocenters. The van der Waals surface area contributed by atoms with Gasteiger partial charge in [-0.25, -0.2) is 0 Å². The number of carbonyl (C=O) groups excluding carboxylic acids is 2. The Hall–Kier alpha value is -1.40. The molecular weight excluding hydrogens is 286 g/mol. The van der Waals surface area contributed by atoms with E-state index in [9.17, 15) is 9.59 Å². The molecule has 0 spiro atoms. The van der Waals surface area contributed by atoms with Crippen molar-refractivity contribution in [1.29, 1.82) is 0 Å². The number of thiophene rings is 1. The largest absolute Gasteiger partial charge is 0.339 e. The van der Waals surface area contributed by atoms with E-state index < -0.39 is 0 Å². The molecule has 0 saturated carbocycles. The smallest absolute Gasteiger partial charge is 0.264 e. The molecule has 0 aliphatic carbocycles. The van der Waals surface area contributed by atoms with E-state index in [0.29, 0.717) is 26.2 Å². The van der Waals surface area contributed by atoms with Gasteiger partial charge >= 0.3 is 0 Å². The number of piperazine rings is 1. The van der Waals surface area contributed by atoms with Gasteiger partial charge in [0.1, 0.15) is 0 Å². The SMILES string of the molecule is O=C(c1cccs1)N1CCN(C(=O)C2CCCNC2)CC1. The van der Waals surface area contributed by atoms with Crippen molar-refractivity contribution in [1.82, 2.24) is 15.1 Å². The van der Waals surface area contributed by atoms with Crippen LogP contribution in [0, 0.1) is 5.92 Å². The Morgan fingerprint density at radius 3 is 2.57 bits per heavy atom. The summed E-state index contributed by atoms with van der Waals surface area (Å²) < 4.78 is 0. The lowest BCUT2D eigenvalue weighted by Gasteiger charge is -2.37. The Balaban J connectivity index is 1.52. The van der Waals surface area contributed by atoms with Crippen molar-refractivity contribution in [3.8, 4) is 0 Å². The fourth-order valence-electron chi connectivity index (χ4n) is 3.01. The summed E-state index contributed by atoms with van der Waals surface area (Å²) in [5, 5.41) is 5.21. The van der Waals surface area contributed by atoms with Crippen molar-refractivity contribution in [2.24, 2.45) is 5.92 Å². The molecule has 0 bridgehead atoms. The minimum absolute atomic E-state index is 0.0939. The minimum atomic E-state index is 0.0939. The first-order valence-electron chi connectivity index (χ1n) is 7.58. The van der Waals surface area contributed by atoms with Crippen molar-refractivity contribution >= 4 is 23.2 Å². The van der Waals surface area contributed by atoms with Gasteiger partial charge in [0.2, 0.25) is 5.91 Å². The van der Waals surface area contributed by atoms with Crippen molar-refractivity contribution in [3.05, 3.63) is 22.4 Å². The van der Waals surface area contributed by atoms with Crippen LogP contribution < -0.4 is 5.32 Å². The molecule has 1 aromatic rings. The Labute approximate surface area is 128 Å². The Kier molecular flexibility index (Phi) is 4.55. The third-order valence-corrected chi connectivity index (χ3v) is 5.11. The van der Waals surface area contributed by atoms with Gasteiger partial charge in [0.25, 0.3) is 5.91 Å². The van der Waals surface area contributed by atoms with E-state index in [1.807, 2.05) is 27.3 Å². The van der Waals surface area contributed by atoms with Gasteiger partial charge in [0, 0.05) is 32.7 Å². The monoisotopic (exact) mass is 307 g/mol. The van der Waals surface area contributed by atoms with E-state index in [2.05, 4.69) is 5.32 Å². The van der Waals surface area contributed by atoms with E-state index in [1.165, 1.54) is 11.3 Å². The predicted molar refractivity (Wildman–Crippen MR) is 82.4 cm³/mol. The molecule has 2 aliphatic rings. The highest BCUT2D eigenvalue weighted by atomic mass is 32.1. The number of piperidine rings is 1. The summed E-state index contributed by atoms with van der Waals surface area (Å²) in [5.74, 6) is 0.472. The summed E-state index contributed by atoms with van der Waals surface area (Å²) in [7, 11) is 0. The molecule has 2 amide bonds. The Morgan fingerprint density at radius 2 is 1.95 bits per heavy atom. The molecule has 1 aromatic heterocycles. The lowest BCUT2D eigenvalue weighted by Crippen LogP contribution is -2.53. The van der Waals surface area contributed by atoms with Gasteiger partial charge in [-0.3, -0.25) is 9.59 Å². The molecule has 5 nitrogen and oxygen atoms in total. The number of nitrogens with one attached hydrogen (secondary N) is 1. The van der Waals surface area contributed by atoms with Crippen LogP contribution in [0.1, 0.15) is 22.5 Å². The number of rotatable bonds is 2. The maximum absolute atomic E-state index is 12.4. The molecule has 3 heterocycles. The zero-order valence-electron chi connectivity index (χ0n) is 12.1. The van der Waals surface area contributed by atoms with Gasteiger partial charge in [0.15, 0.2) is 0 Å². The second kappa shape index (κ2) is 6.58. The third kappa shape index (κ3) is 3.27. The van der Waals surface area contributed by atoms with E-state index >= 15 is 0 Å². The first-order chi connectivity index (χ1) is 10.3. The van der Waals surface area contributed by atoms with Crippen molar-refractivity contribution < 1.29 is 9.59 Å². The molecule has 0 radical (unpaired) electrons. The predicted octanol–water partition coefficient (Wildman–Crippen LogP) is 1.03. The highest BCUT2D eigenvalue weighted by Crippen LogP contribution is 2.17. The van der Waals surface area contributed by atoms with E-state index in [4.69, 9.17) is 0 Å². The molecule has 21 heavy (non-hydrogen) atoms. The van der Waals surface area contributed by atoms with Crippen LogP contribution in [0.25, 0.3) is 0 Å².